The van der Waals surface area contributed by atoms with Crippen LogP contribution < -0.4 is 0 Å². The molecule has 5 nitrogen and oxygen atoms in total. The normalized spacial score (nSPS) is 14.9. The maximum Gasteiger partial charge on any atom is 0.272 e. The van der Waals surface area contributed by atoms with Crippen LogP contribution in [0.2, 0.25) is 0 Å². The third-order valence-electron chi connectivity index (χ3n) is 4.22. The minimum Gasteiger partial charge on any atom is -0.337 e. The summed E-state index contributed by atoms with van der Waals surface area (Å²) in [6.07, 6.45) is 2.00. The molecule has 0 bridgehead atoms. The quantitative estimate of drug-likeness (QED) is 0.771. The van der Waals surface area contributed by atoms with Crippen molar-refractivity contribution in [3.05, 3.63) is 65.2 Å². The fraction of sp³-hybridized carbons (Fsp3) is 0.278. The maximum absolute atomic E-state index is 13.9. The molecule has 1 saturated heterocycles. The van der Waals surface area contributed by atoms with Crippen molar-refractivity contribution >= 4 is 11.8 Å². The van der Waals surface area contributed by atoms with E-state index in [9.17, 15) is 22.8 Å². The van der Waals surface area contributed by atoms with Gasteiger partial charge in [0.25, 0.3) is 11.8 Å². The Morgan fingerprint density at radius 2 is 1.54 bits per heavy atom. The molecule has 2 amide bonds. The van der Waals surface area contributed by atoms with Gasteiger partial charge in [-0.3, -0.25) is 14.6 Å². The van der Waals surface area contributed by atoms with Gasteiger partial charge in [0.2, 0.25) is 0 Å². The molecule has 0 atom stereocenters. The number of nitrogens with zero attached hydrogens (tertiary/aromatic N) is 3. The van der Waals surface area contributed by atoms with E-state index in [0.717, 1.165) is 12.1 Å². The molecule has 0 spiro atoms. The molecule has 26 heavy (non-hydrogen) atoms. The summed E-state index contributed by atoms with van der Waals surface area (Å²) < 4.78 is 40.3. The first-order valence-corrected chi connectivity index (χ1v) is 8.12. The molecular formula is C18H16F3N3O2. The smallest absolute Gasteiger partial charge is 0.272 e. The van der Waals surface area contributed by atoms with Crippen molar-refractivity contribution in [2.45, 2.75) is 6.42 Å². The lowest BCUT2D eigenvalue weighted by Gasteiger charge is -2.22. The molecular weight excluding hydrogens is 347 g/mol. The SMILES string of the molecule is O=C(c1ccccn1)N1CCCN(C(=O)c2ccc(F)c(F)c2F)CC1. The number of hydrogen-bond acceptors (Lipinski definition) is 3. The number of carbonyl (C=O) groups is 2. The van der Waals surface area contributed by atoms with Crippen LogP contribution >= 0.6 is 0 Å². The number of carbonyl (C=O) groups excluding carboxylic acids is 2. The van der Waals surface area contributed by atoms with E-state index in [1.165, 1.54) is 11.1 Å². The van der Waals surface area contributed by atoms with E-state index in [1.807, 2.05) is 0 Å². The van der Waals surface area contributed by atoms with Gasteiger partial charge in [-0.25, -0.2) is 13.2 Å². The Morgan fingerprint density at radius 3 is 2.19 bits per heavy atom. The van der Waals surface area contributed by atoms with Gasteiger partial charge in [-0.15, -0.1) is 0 Å². The third-order valence-corrected chi connectivity index (χ3v) is 4.22. The minimum atomic E-state index is -1.67. The maximum atomic E-state index is 13.9. The highest BCUT2D eigenvalue weighted by Crippen LogP contribution is 2.18. The summed E-state index contributed by atoms with van der Waals surface area (Å²) in [5.41, 5.74) is -0.215. The Kier molecular flexibility index (Phi) is 5.20. The van der Waals surface area contributed by atoms with Gasteiger partial charge in [0.1, 0.15) is 5.69 Å². The molecule has 0 aliphatic carbocycles. The molecule has 1 aromatic carbocycles. The van der Waals surface area contributed by atoms with Gasteiger partial charge < -0.3 is 9.80 Å². The Hall–Kier alpha value is -2.90. The van der Waals surface area contributed by atoms with Crippen molar-refractivity contribution in [3.8, 4) is 0 Å². The highest BCUT2D eigenvalue weighted by Gasteiger charge is 2.27. The molecule has 3 rings (SSSR count). The van der Waals surface area contributed by atoms with E-state index in [4.69, 9.17) is 0 Å². The molecule has 0 radical (unpaired) electrons. The van der Waals surface area contributed by atoms with Crippen molar-refractivity contribution in [1.29, 1.82) is 0 Å². The van der Waals surface area contributed by atoms with Crippen LogP contribution in [0.15, 0.2) is 36.5 Å². The zero-order valence-electron chi connectivity index (χ0n) is 13.8. The number of pyridine rings is 1. The number of benzene rings is 1. The molecule has 1 aliphatic rings. The van der Waals surface area contributed by atoms with Crippen LogP contribution in [-0.2, 0) is 0 Å². The van der Waals surface area contributed by atoms with E-state index in [-0.39, 0.29) is 25.5 Å². The molecule has 2 heterocycles. The first-order chi connectivity index (χ1) is 12.5. The third kappa shape index (κ3) is 3.54. The van der Waals surface area contributed by atoms with E-state index in [1.54, 1.807) is 23.1 Å². The molecule has 1 aliphatic heterocycles. The average molecular weight is 363 g/mol. The highest BCUT2D eigenvalue weighted by atomic mass is 19.2. The summed E-state index contributed by atoms with van der Waals surface area (Å²) in [6, 6.07) is 6.67. The zero-order valence-corrected chi connectivity index (χ0v) is 13.8. The number of amides is 2. The summed E-state index contributed by atoms with van der Waals surface area (Å²) >= 11 is 0. The van der Waals surface area contributed by atoms with Crippen molar-refractivity contribution in [2.75, 3.05) is 26.2 Å². The van der Waals surface area contributed by atoms with Gasteiger partial charge in [0.05, 0.1) is 5.56 Å². The van der Waals surface area contributed by atoms with Gasteiger partial charge in [-0.1, -0.05) is 6.07 Å². The lowest BCUT2D eigenvalue weighted by atomic mass is 10.1. The van der Waals surface area contributed by atoms with Crippen LogP contribution in [0.1, 0.15) is 27.3 Å². The Labute approximate surface area is 148 Å². The van der Waals surface area contributed by atoms with Crippen LogP contribution in [0.4, 0.5) is 13.2 Å². The largest absolute Gasteiger partial charge is 0.337 e. The van der Waals surface area contributed by atoms with Crippen molar-refractivity contribution in [3.63, 3.8) is 0 Å². The second-order valence-electron chi connectivity index (χ2n) is 5.88. The van der Waals surface area contributed by atoms with Crippen molar-refractivity contribution in [1.82, 2.24) is 14.8 Å². The summed E-state index contributed by atoms with van der Waals surface area (Å²) in [4.78, 5) is 31.8. The van der Waals surface area contributed by atoms with Crippen LogP contribution in [0.5, 0.6) is 0 Å². The van der Waals surface area contributed by atoms with Crippen LogP contribution in [0, 0.1) is 17.5 Å². The predicted octanol–water partition coefficient (Wildman–Crippen LogP) is 2.49. The standard InChI is InChI=1S/C18H16F3N3O2/c19-13-6-5-12(15(20)16(13)21)17(25)23-8-3-9-24(11-10-23)18(26)14-4-1-2-7-22-14/h1-2,4-7H,3,8-11H2. The van der Waals surface area contributed by atoms with Crippen molar-refractivity contribution in [2.24, 2.45) is 0 Å². The monoisotopic (exact) mass is 363 g/mol. The summed E-state index contributed by atoms with van der Waals surface area (Å²) in [5.74, 6) is -5.49. The summed E-state index contributed by atoms with van der Waals surface area (Å²) in [6.45, 7) is 1.10. The number of halogens is 3. The molecule has 0 N–H and O–H groups in total. The molecule has 2 aromatic rings. The van der Waals surface area contributed by atoms with Crippen LogP contribution in [0.3, 0.4) is 0 Å². The average Bonchev–Trinajstić information content (AvgIpc) is 2.92. The fourth-order valence-corrected chi connectivity index (χ4v) is 2.84. The van der Waals surface area contributed by atoms with Crippen LogP contribution in [-0.4, -0.2) is 52.8 Å². The van der Waals surface area contributed by atoms with E-state index < -0.39 is 28.9 Å². The molecule has 136 valence electrons. The van der Waals surface area contributed by atoms with Gasteiger partial charge in [-0.05, 0) is 30.7 Å². The molecule has 8 heteroatoms. The molecule has 1 aromatic heterocycles. The second kappa shape index (κ2) is 7.55. The Balaban J connectivity index is 1.72. The number of rotatable bonds is 2. The van der Waals surface area contributed by atoms with Gasteiger partial charge in [0, 0.05) is 32.4 Å². The van der Waals surface area contributed by atoms with Gasteiger partial charge in [0.15, 0.2) is 17.5 Å². The van der Waals surface area contributed by atoms with Gasteiger partial charge >= 0.3 is 0 Å². The first kappa shape index (κ1) is 17.9. The topological polar surface area (TPSA) is 53.5 Å². The lowest BCUT2D eigenvalue weighted by molar-refractivity contribution is 0.0712. The van der Waals surface area contributed by atoms with Crippen molar-refractivity contribution < 1.29 is 22.8 Å². The predicted molar refractivity (Wildman–Crippen MR) is 87.0 cm³/mol. The summed E-state index contributed by atoms with van der Waals surface area (Å²) in [5, 5.41) is 0. The first-order valence-electron chi connectivity index (χ1n) is 8.12. The number of aromatic nitrogens is 1. The second-order valence-corrected chi connectivity index (χ2v) is 5.88. The highest BCUT2D eigenvalue weighted by molar-refractivity contribution is 5.95. The zero-order chi connectivity index (χ0) is 18.7. The molecule has 0 saturated carbocycles. The molecule has 0 unspecified atom stereocenters. The minimum absolute atomic E-state index is 0.163. The summed E-state index contributed by atoms with van der Waals surface area (Å²) in [7, 11) is 0. The van der Waals surface area contributed by atoms with E-state index >= 15 is 0 Å². The van der Waals surface area contributed by atoms with E-state index in [0.29, 0.717) is 18.7 Å². The van der Waals surface area contributed by atoms with Crippen LogP contribution in [0.25, 0.3) is 0 Å². The van der Waals surface area contributed by atoms with E-state index in [2.05, 4.69) is 4.98 Å². The molecule has 1 fully saturated rings. The fourth-order valence-electron chi connectivity index (χ4n) is 2.84. The number of hydrogen-bond donors (Lipinski definition) is 0. The Bertz CT molecular complexity index is 830. The van der Waals surface area contributed by atoms with Gasteiger partial charge in [-0.2, -0.15) is 0 Å². The Morgan fingerprint density at radius 1 is 0.846 bits per heavy atom. The lowest BCUT2D eigenvalue weighted by Crippen LogP contribution is -2.38.